The van der Waals surface area contributed by atoms with Gasteiger partial charge in [0.15, 0.2) is 0 Å². The van der Waals surface area contributed by atoms with Crippen molar-refractivity contribution in [2.45, 2.75) is 52.5 Å². The first kappa shape index (κ1) is 26.7. The lowest BCUT2D eigenvalue weighted by molar-refractivity contribution is -0.143. The molecule has 1 atom stereocenters. The van der Waals surface area contributed by atoms with Crippen LogP contribution in [0.5, 0.6) is 0 Å². The number of likely N-dealkylation sites (tertiary alicyclic amines) is 1. The largest absolute Gasteiger partial charge is 0.481 e. The number of aliphatic carboxylic acids is 1. The van der Waals surface area contributed by atoms with Gasteiger partial charge < -0.3 is 25.0 Å². The molecule has 0 spiro atoms. The van der Waals surface area contributed by atoms with Crippen molar-refractivity contribution >= 4 is 23.6 Å². The van der Waals surface area contributed by atoms with E-state index in [9.17, 15) is 14.4 Å². The van der Waals surface area contributed by atoms with E-state index in [2.05, 4.69) is 5.32 Å². The van der Waals surface area contributed by atoms with Crippen molar-refractivity contribution in [1.29, 1.82) is 5.41 Å². The van der Waals surface area contributed by atoms with E-state index in [-0.39, 0.29) is 30.2 Å². The number of carbonyl (C=O) groups is 3. The van der Waals surface area contributed by atoms with Crippen molar-refractivity contribution < 1.29 is 24.2 Å². The predicted octanol–water partition coefficient (Wildman–Crippen LogP) is 2.59. The number of hydrogen-bond acceptors (Lipinski definition) is 5. The Bertz CT molecular complexity index is 916. The number of amidine groups is 1. The number of morpholine rings is 1. The molecule has 0 saturated carbocycles. The van der Waals surface area contributed by atoms with E-state index in [4.69, 9.17) is 15.3 Å². The smallest absolute Gasteiger partial charge is 0.303 e. The molecule has 2 aliphatic rings. The molecule has 0 radical (unpaired) electrons. The highest BCUT2D eigenvalue weighted by atomic mass is 16.5. The Kier molecular flexibility index (Phi) is 8.88. The Morgan fingerprint density at radius 2 is 1.63 bits per heavy atom. The minimum absolute atomic E-state index is 0.0206. The fourth-order valence-electron chi connectivity index (χ4n) is 4.93. The number of nitrogens with one attached hydrogen (secondary N) is 2. The molecule has 1 aromatic carbocycles. The van der Waals surface area contributed by atoms with E-state index >= 15 is 0 Å². The zero-order valence-corrected chi connectivity index (χ0v) is 21.0. The monoisotopic (exact) mass is 486 g/mol. The Hall–Kier alpha value is -2.94. The normalized spacial score (nSPS) is 18.1. The maximum Gasteiger partial charge on any atom is 0.303 e. The van der Waals surface area contributed by atoms with Crippen LogP contribution in [0.4, 0.5) is 0 Å². The van der Waals surface area contributed by atoms with E-state index < -0.39 is 11.4 Å². The van der Waals surface area contributed by atoms with Gasteiger partial charge in [-0.25, -0.2) is 0 Å². The number of carboxylic acids is 1. The molecule has 2 heterocycles. The quantitative estimate of drug-likeness (QED) is 0.383. The van der Waals surface area contributed by atoms with Gasteiger partial charge in [-0.2, -0.15) is 0 Å². The van der Waals surface area contributed by atoms with Gasteiger partial charge in [0.05, 0.1) is 18.6 Å². The highest BCUT2D eigenvalue weighted by molar-refractivity contribution is 5.99. The van der Waals surface area contributed by atoms with E-state index in [0.29, 0.717) is 70.1 Å². The van der Waals surface area contributed by atoms with Crippen LogP contribution in [0.2, 0.25) is 0 Å². The summed E-state index contributed by atoms with van der Waals surface area (Å²) in [6, 6.07) is 6.64. The molecule has 1 aromatic rings. The number of carboxylic acid groups (broad SMARTS) is 1. The highest BCUT2D eigenvalue weighted by Gasteiger charge is 2.40. The predicted molar refractivity (Wildman–Crippen MR) is 133 cm³/mol. The molecule has 2 aliphatic heterocycles. The molecule has 0 aliphatic carbocycles. The van der Waals surface area contributed by atoms with Gasteiger partial charge in [0.2, 0.25) is 5.91 Å². The van der Waals surface area contributed by atoms with Crippen molar-refractivity contribution in [3.63, 3.8) is 0 Å². The van der Waals surface area contributed by atoms with Gasteiger partial charge in [0.1, 0.15) is 5.84 Å². The lowest BCUT2D eigenvalue weighted by Crippen LogP contribution is -2.54. The Labute approximate surface area is 207 Å². The van der Waals surface area contributed by atoms with Crippen LogP contribution in [0.3, 0.4) is 0 Å². The van der Waals surface area contributed by atoms with Crippen molar-refractivity contribution in [1.82, 2.24) is 15.1 Å². The van der Waals surface area contributed by atoms with Gasteiger partial charge in [-0.05, 0) is 51.2 Å². The Morgan fingerprint density at radius 3 is 2.17 bits per heavy atom. The van der Waals surface area contributed by atoms with Crippen LogP contribution in [0.1, 0.15) is 62.4 Å². The average molecular weight is 487 g/mol. The number of rotatable bonds is 8. The second-order valence-corrected chi connectivity index (χ2v) is 10.0. The summed E-state index contributed by atoms with van der Waals surface area (Å²) in [5.41, 5.74) is 0.430. The molecular formula is C26H38N4O5. The zero-order valence-electron chi connectivity index (χ0n) is 21.0. The first-order chi connectivity index (χ1) is 16.6. The molecule has 2 fully saturated rings. The summed E-state index contributed by atoms with van der Waals surface area (Å²) in [6.07, 6.45) is 2.11. The van der Waals surface area contributed by atoms with Gasteiger partial charge in [-0.1, -0.05) is 19.1 Å². The summed E-state index contributed by atoms with van der Waals surface area (Å²) in [5, 5.41) is 20.5. The summed E-state index contributed by atoms with van der Waals surface area (Å²) in [5.74, 6) is -0.538. The van der Waals surface area contributed by atoms with Crippen molar-refractivity contribution in [3.8, 4) is 0 Å². The van der Waals surface area contributed by atoms with Crippen LogP contribution < -0.4 is 5.32 Å². The maximum absolute atomic E-state index is 13.4. The van der Waals surface area contributed by atoms with Gasteiger partial charge in [-0.3, -0.25) is 19.8 Å². The first-order valence-electron chi connectivity index (χ1n) is 12.5. The zero-order chi connectivity index (χ0) is 25.6. The molecule has 9 heteroatoms. The molecular weight excluding hydrogens is 448 g/mol. The number of carbonyl (C=O) groups excluding carboxylic acids is 2. The second kappa shape index (κ2) is 11.7. The van der Waals surface area contributed by atoms with Crippen molar-refractivity contribution in [2.24, 2.45) is 11.3 Å². The number of benzene rings is 1. The molecule has 3 rings (SSSR count). The fraction of sp³-hybridized carbons (Fsp3) is 0.615. The third-order valence-electron chi connectivity index (χ3n) is 7.25. The van der Waals surface area contributed by atoms with Crippen LogP contribution >= 0.6 is 0 Å². The van der Waals surface area contributed by atoms with Crippen molar-refractivity contribution in [3.05, 3.63) is 35.4 Å². The maximum atomic E-state index is 13.4. The van der Waals surface area contributed by atoms with E-state index in [0.717, 1.165) is 5.56 Å². The SMILES string of the molecule is CCC(NC(=O)c1ccc(C(=N)N2CCOCC2)cc1)C(C)(C)C(=O)N1CCC(CC(=O)O)CC1. The first-order valence-corrected chi connectivity index (χ1v) is 12.5. The topological polar surface area (TPSA) is 123 Å². The Morgan fingerprint density at radius 1 is 1.06 bits per heavy atom. The van der Waals surface area contributed by atoms with Gasteiger partial charge in [0.25, 0.3) is 5.91 Å². The van der Waals surface area contributed by atoms with Crippen LogP contribution in [0.25, 0.3) is 0 Å². The highest BCUT2D eigenvalue weighted by Crippen LogP contribution is 2.30. The van der Waals surface area contributed by atoms with Crippen LogP contribution in [-0.4, -0.2) is 84.0 Å². The van der Waals surface area contributed by atoms with Gasteiger partial charge in [0, 0.05) is 49.8 Å². The van der Waals surface area contributed by atoms with Crippen LogP contribution in [0, 0.1) is 16.7 Å². The van der Waals surface area contributed by atoms with Gasteiger partial charge >= 0.3 is 5.97 Å². The van der Waals surface area contributed by atoms with E-state index in [1.807, 2.05) is 25.7 Å². The molecule has 3 N–H and O–H groups in total. The number of piperidine rings is 1. The fourth-order valence-corrected chi connectivity index (χ4v) is 4.93. The number of nitrogens with zero attached hydrogens (tertiary/aromatic N) is 2. The summed E-state index contributed by atoms with van der Waals surface area (Å²) < 4.78 is 5.35. The lowest BCUT2D eigenvalue weighted by atomic mass is 9.80. The standard InChI is InChI=1S/C26H38N4O5/c1-4-21(26(2,3)25(34)30-11-9-18(10-12-30)17-22(31)32)28-24(33)20-7-5-19(6-8-20)23(27)29-13-15-35-16-14-29/h5-8,18,21,27H,4,9-17H2,1-3H3,(H,28,33)(H,31,32). The molecule has 192 valence electrons. The number of ether oxygens (including phenoxy) is 1. The molecule has 35 heavy (non-hydrogen) atoms. The third kappa shape index (κ3) is 6.60. The molecule has 0 bridgehead atoms. The minimum atomic E-state index is -0.803. The molecule has 1 unspecified atom stereocenters. The van der Waals surface area contributed by atoms with E-state index in [1.54, 1.807) is 29.2 Å². The lowest BCUT2D eigenvalue weighted by Gasteiger charge is -2.40. The summed E-state index contributed by atoms with van der Waals surface area (Å²) in [6.45, 7) is 9.33. The third-order valence-corrected chi connectivity index (χ3v) is 7.25. The molecule has 9 nitrogen and oxygen atoms in total. The molecule has 0 aromatic heterocycles. The van der Waals surface area contributed by atoms with Crippen molar-refractivity contribution in [2.75, 3.05) is 39.4 Å². The summed E-state index contributed by atoms with van der Waals surface area (Å²) >= 11 is 0. The second-order valence-electron chi connectivity index (χ2n) is 10.0. The number of hydrogen-bond donors (Lipinski definition) is 3. The molecule has 2 saturated heterocycles. The summed E-state index contributed by atoms with van der Waals surface area (Å²) in [7, 11) is 0. The molecule has 2 amide bonds. The van der Waals surface area contributed by atoms with Crippen LogP contribution in [-0.2, 0) is 14.3 Å². The Balaban J connectivity index is 1.60. The van der Waals surface area contributed by atoms with Crippen LogP contribution in [0.15, 0.2) is 24.3 Å². The van der Waals surface area contributed by atoms with Gasteiger partial charge in [-0.15, -0.1) is 0 Å². The minimum Gasteiger partial charge on any atom is -0.481 e. The van der Waals surface area contributed by atoms with E-state index in [1.165, 1.54) is 0 Å². The summed E-state index contributed by atoms with van der Waals surface area (Å²) in [4.78, 5) is 41.1. The average Bonchev–Trinajstić information content (AvgIpc) is 2.86. The number of amides is 2.